The van der Waals surface area contributed by atoms with Crippen LogP contribution in [0.5, 0.6) is 0 Å². The van der Waals surface area contributed by atoms with Gasteiger partial charge < -0.3 is 21.7 Å². The van der Waals surface area contributed by atoms with Gasteiger partial charge in [0, 0.05) is 12.0 Å². The third-order valence-electron chi connectivity index (χ3n) is 3.36. The molecule has 0 aliphatic heterocycles. The molecule has 0 aliphatic carbocycles. The number of carbonyl (C=O) groups excluding carboxylic acids is 4. The number of ketones is 1. The van der Waals surface area contributed by atoms with Crippen molar-refractivity contribution in [2.75, 3.05) is 0 Å². The summed E-state index contributed by atoms with van der Waals surface area (Å²) in [6.07, 6.45) is -0.269. The number of amides is 3. The van der Waals surface area contributed by atoms with Gasteiger partial charge in [0.1, 0.15) is 6.04 Å². The molecule has 3 unspecified atom stereocenters. The van der Waals surface area contributed by atoms with Gasteiger partial charge in [-0.2, -0.15) is 0 Å². The first-order valence-corrected chi connectivity index (χ1v) is 8.14. The van der Waals surface area contributed by atoms with Gasteiger partial charge in [-0.25, -0.2) is 0 Å². The van der Waals surface area contributed by atoms with E-state index in [4.69, 9.17) is 5.73 Å². The van der Waals surface area contributed by atoms with Gasteiger partial charge in [0.15, 0.2) is 5.78 Å². The molecule has 0 aromatic rings. The van der Waals surface area contributed by atoms with E-state index in [1.54, 1.807) is 20.8 Å². The van der Waals surface area contributed by atoms with Crippen LogP contribution in [0.25, 0.3) is 0 Å². The molecule has 138 valence electrons. The highest BCUT2D eigenvalue weighted by molar-refractivity contribution is 5.96. The Balaban J connectivity index is 4.77. The monoisotopic (exact) mass is 342 g/mol. The maximum Gasteiger partial charge on any atom is 0.242 e. The smallest absolute Gasteiger partial charge is 0.242 e. The highest BCUT2D eigenvalue weighted by Gasteiger charge is 2.27. The molecule has 0 aromatic carbocycles. The number of nitrogens with two attached hydrogens (primary N) is 1. The van der Waals surface area contributed by atoms with Crippen LogP contribution in [0.4, 0.5) is 0 Å². The molecule has 0 saturated heterocycles. The van der Waals surface area contributed by atoms with E-state index in [-0.39, 0.29) is 30.1 Å². The lowest BCUT2D eigenvalue weighted by atomic mass is 9.98. The molecule has 8 heteroatoms. The normalized spacial score (nSPS) is 14.8. The zero-order valence-electron chi connectivity index (χ0n) is 15.3. The molecule has 3 atom stereocenters. The highest BCUT2D eigenvalue weighted by Crippen LogP contribution is 2.04. The van der Waals surface area contributed by atoms with E-state index < -0.39 is 29.9 Å². The van der Waals surface area contributed by atoms with Crippen LogP contribution in [-0.2, 0) is 19.2 Å². The Morgan fingerprint density at radius 3 is 1.75 bits per heavy atom. The fourth-order valence-corrected chi connectivity index (χ4v) is 2.10. The van der Waals surface area contributed by atoms with Gasteiger partial charge in [0.2, 0.25) is 17.7 Å². The van der Waals surface area contributed by atoms with E-state index in [1.165, 1.54) is 6.92 Å². The first-order chi connectivity index (χ1) is 11.0. The maximum absolute atomic E-state index is 12.2. The summed E-state index contributed by atoms with van der Waals surface area (Å²) in [5.41, 5.74) is 5.13. The lowest BCUT2D eigenvalue weighted by Gasteiger charge is -2.23. The van der Waals surface area contributed by atoms with Crippen LogP contribution in [0, 0.1) is 5.92 Å². The van der Waals surface area contributed by atoms with Crippen molar-refractivity contribution in [1.82, 2.24) is 16.0 Å². The minimum absolute atomic E-state index is 0.124. The second-order valence-corrected chi connectivity index (χ2v) is 6.56. The lowest BCUT2D eigenvalue weighted by Crippen LogP contribution is -2.54. The van der Waals surface area contributed by atoms with E-state index in [0.29, 0.717) is 0 Å². The van der Waals surface area contributed by atoms with Gasteiger partial charge in [-0.05, 0) is 13.8 Å². The minimum Gasteiger partial charge on any atom is -0.370 e. The van der Waals surface area contributed by atoms with Crippen LogP contribution in [0.15, 0.2) is 0 Å². The molecule has 5 N–H and O–H groups in total. The van der Waals surface area contributed by atoms with Gasteiger partial charge in [-0.3, -0.25) is 19.2 Å². The highest BCUT2D eigenvalue weighted by atomic mass is 16.2. The van der Waals surface area contributed by atoms with Crippen molar-refractivity contribution < 1.29 is 19.2 Å². The van der Waals surface area contributed by atoms with E-state index in [2.05, 4.69) is 16.0 Å². The largest absolute Gasteiger partial charge is 0.370 e. The molecule has 24 heavy (non-hydrogen) atoms. The number of primary amides is 1. The Bertz CT molecular complexity index is 477. The average molecular weight is 342 g/mol. The van der Waals surface area contributed by atoms with Crippen LogP contribution >= 0.6 is 0 Å². The number of Topliss-reactive ketones (excluding diaryl/α,β-unsaturated/α-hetero) is 1. The lowest BCUT2D eigenvalue weighted by molar-refractivity contribution is -0.133. The molecule has 0 aromatic heterocycles. The summed E-state index contributed by atoms with van der Waals surface area (Å²) in [5, 5.41) is 8.09. The molecule has 0 radical (unpaired) electrons. The first kappa shape index (κ1) is 22.0. The molecule has 0 bridgehead atoms. The number of rotatable bonds is 10. The van der Waals surface area contributed by atoms with Crippen molar-refractivity contribution in [3.8, 4) is 0 Å². The molecule has 0 heterocycles. The molecule has 3 amide bonds. The molecule has 0 saturated carbocycles. The second-order valence-electron chi connectivity index (χ2n) is 6.56. The maximum atomic E-state index is 12.2. The van der Waals surface area contributed by atoms with Gasteiger partial charge in [-0.15, -0.1) is 0 Å². The summed E-state index contributed by atoms with van der Waals surface area (Å²) in [6.45, 7) is 10.4. The van der Waals surface area contributed by atoms with Crippen molar-refractivity contribution >= 4 is 23.5 Å². The molecule has 0 fully saturated rings. The first-order valence-electron chi connectivity index (χ1n) is 8.14. The summed E-state index contributed by atoms with van der Waals surface area (Å²) in [5.74, 6) is -2.18. The molecule has 0 spiro atoms. The van der Waals surface area contributed by atoms with Gasteiger partial charge in [0.25, 0.3) is 0 Å². The summed E-state index contributed by atoms with van der Waals surface area (Å²) < 4.78 is 0. The Morgan fingerprint density at radius 2 is 1.33 bits per heavy atom. The zero-order chi connectivity index (χ0) is 19.0. The zero-order valence-corrected chi connectivity index (χ0v) is 15.3. The Hall–Kier alpha value is -1.96. The molecule has 0 rings (SSSR count). The summed E-state index contributed by atoms with van der Waals surface area (Å²) in [6, 6.07) is -2.16. The van der Waals surface area contributed by atoms with Crippen molar-refractivity contribution in [2.24, 2.45) is 11.7 Å². The topological polar surface area (TPSA) is 130 Å². The van der Waals surface area contributed by atoms with E-state index in [1.807, 2.05) is 13.8 Å². The van der Waals surface area contributed by atoms with Crippen molar-refractivity contribution in [1.29, 1.82) is 0 Å². The Kier molecular flexibility index (Phi) is 9.20. The van der Waals surface area contributed by atoms with Gasteiger partial charge >= 0.3 is 0 Å². The fraction of sp³-hybridized carbons (Fsp3) is 0.750. The van der Waals surface area contributed by atoms with Crippen molar-refractivity contribution in [3.05, 3.63) is 0 Å². The number of hydrogen-bond donors (Lipinski definition) is 4. The predicted molar refractivity (Wildman–Crippen MR) is 90.9 cm³/mol. The standard InChI is InChI=1S/C16H30N4O4/c1-8(2)14(22)12(7-13(17)21)20-16(24)11(6)19-15(23)10(5)18-9(3)4/h8-12,18H,7H2,1-6H3,(H2,17,21)(H,19,23)(H,20,24). The fourth-order valence-electron chi connectivity index (χ4n) is 2.10. The predicted octanol–water partition coefficient (Wildman–Crippen LogP) is -0.537. The summed E-state index contributed by atoms with van der Waals surface area (Å²) in [4.78, 5) is 47.4. The third kappa shape index (κ3) is 8.05. The van der Waals surface area contributed by atoms with E-state index in [9.17, 15) is 19.2 Å². The van der Waals surface area contributed by atoms with Crippen LogP contribution < -0.4 is 21.7 Å². The van der Waals surface area contributed by atoms with Crippen molar-refractivity contribution in [3.63, 3.8) is 0 Å². The molecule has 8 nitrogen and oxygen atoms in total. The average Bonchev–Trinajstić information content (AvgIpc) is 2.43. The number of hydrogen-bond acceptors (Lipinski definition) is 5. The SMILES string of the molecule is CC(C)NC(C)C(=O)NC(C)C(=O)NC(CC(N)=O)C(=O)C(C)C. The van der Waals surface area contributed by atoms with Gasteiger partial charge in [-0.1, -0.05) is 27.7 Å². The summed E-state index contributed by atoms with van der Waals surface area (Å²) in [7, 11) is 0. The van der Waals surface area contributed by atoms with Crippen molar-refractivity contribution in [2.45, 2.75) is 72.1 Å². The van der Waals surface area contributed by atoms with Gasteiger partial charge in [0.05, 0.1) is 18.5 Å². The quantitative estimate of drug-likeness (QED) is 0.424. The molecular formula is C16H30N4O4. The summed E-state index contributed by atoms with van der Waals surface area (Å²) >= 11 is 0. The van der Waals surface area contributed by atoms with E-state index >= 15 is 0 Å². The Morgan fingerprint density at radius 1 is 0.833 bits per heavy atom. The van der Waals surface area contributed by atoms with Crippen LogP contribution in [0.1, 0.15) is 48.0 Å². The molecular weight excluding hydrogens is 312 g/mol. The van der Waals surface area contributed by atoms with E-state index in [0.717, 1.165) is 0 Å². The van der Waals surface area contributed by atoms with Crippen LogP contribution in [0.2, 0.25) is 0 Å². The molecule has 0 aliphatic rings. The third-order valence-corrected chi connectivity index (χ3v) is 3.36. The minimum atomic E-state index is -0.986. The van der Waals surface area contributed by atoms with Crippen LogP contribution in [-0.4, -0.2) is 47.7 Å². The number of carbonyl (C=O) groups is 4. The Labute approximate surface area is 143 Å². The second kappa shape index (κ2) is 10.0. The number of nitrogens with one attached hydrogen (secondary N) is 3. The van der Waals surface area contributed by atoms with Crippen LogP contribution in [0.3, 0.4) is 0 Å².